The summed E-state index contributed by atoms with van der Waals surface area (Å²) in [7, 11) is 0. The van der Waals surface area contributed by atoms with E-state index in [4.69, 9.17) is 16.3 Å². The highest BCUT2D eigenvalue weighted by molar-refractivity contribution is 6.28. The predicted molar refractivity (Wildman–Crippen MR) is 89.6 cm³/mol. The molecule has 0 fully saturated rings. The Hall–Kier alpha value is -2.40. The van der Waals surface area contributed by atoms with Gasteiger partial charge < -0.3 is 4.74 Å². The highest BCUT2D eigenvalue weighted by Crippen LogP contribution is 2.28. The molecule has 0 spiro atoms. The maximum atomic E-state index is 12.7. The van der Waals surface area contributed by atoms with Crippen LogP contribution in [0.5, 0.6) is 0 Å². The van der Waals surface area contributed by atoms with Crippen molar-refractivity contribution in [1.82, 2.24) is 14.5 Å². The highest BCUT2D eigenvalue weighted by atomic mass is 35.5. The van der Waals surface area contributed by atoms with Gasteiger partial charge in [0.25, 0.3) is 0 Å². The number of fused-ring (bicyclic) bond motifs is 1. The lowest BCUT2D eigenvalue weighted by atomic mass is 10.2. The summed E-state index contributed by atoms with van der Waals surface area (Å²) in [5, 5.41) is 1.05. The Labute approximate surface area is 138 Å². The van der Waals surface area contributed by atoms with Crippen molar-refractivity contribution >= 4 is 28.6 Å². The smallest absolute Gasteiger partial charge is 0.419 e. The first-order valence-electron chi connectivity index (χ1n) is 7.18. The normalized spacial score (nSPS) is 11.7. The van der Waals surface area contributed by atoms with Gasteiger partial charge in [0.05, 0.1) is 16.9 Å². The second-order valence-corrected chi connectivity index (χ2v) is 6.45. The molecule has 2 aromatic heterocycles. The molecule has 0 saturated carbocycles. The minimum Gasteiger partial charge on any atom is -0.443 e. The summed E-state index contributed by atoms with van der Waals surface area (Å²) in [6.45, 7) is 5.49. The number of carbonyl (C=O) groups excluding carboxylic acids is 1. The molecule has 0 atom stereocenters. The lowest BCUT2D eigenvalue weighted by Gasteiger charge is -2.20. The molecule has 0 saturated heterocycles. The maximum Gasteiger partial charge on any atom is 0.419 e. The fourth-order valence-electron chi connectivity index (χ4n) is 2.33. The number of rotatable bonds is 1. The SMILES string of the molecule is CC(C)(C)OC(=O)n1c(-c2ccnc(Cl)n2)cc2ccccc21. The van der Waals surface area contributed by atoms with Crippen LogP contribution in [-0.2, 0) is 4.74 Å². The molecule has 0 aliphatic heterocycles. The molecule has 0 aliphatic carbocycles. The third kappa shape index (κ3) is 3.19. The van der Waals surface area contributed by atoms with Crippen LogP contribution in [0.25, 0.3) is 22.3 Å². The average Bonchev–Trinajstić information content (AvgIpc) is 2.85. The molecule has 0 N–H and O–H groups in total. The number of hydrogen-bond acceptors (Lipinski definition) is 4. The van der Waals surface area contributed by atoms with E-state index >= 15 is 0 Å². The average molecular weight is 330 g/mol. The van der Waals surface area contributed by atoms with E-state index in [0.29, 0.717) is 11.4 Å². The lowest BCUT2D eigenvalue weighted by molar-refractivity contribution is 0.0547. The Balaban J connectivity index is 2.21. The first-order chi connectivity index (χ1) is 10.8. The van der Waals surface area contributed by atoms with E-state index in [9.17, 15) is 4.79 Å². The molecule has 1 aromatic carbocycles. The van der Waals surface area contributed by atoms with E-state index in [2.05, 4.69) is 9.97 Å². The Kier molecular flexibility index (Phi) is 3.82. The van der Waals surface area contributed by atoms with Crippen LogP contribution in [0.2, 0.25) is 5.28 Å². The van der Waals surface area contributed by atoms with Crippen LogP contribution >= 0.6 is 11.6 Å². The number of benzene rings is 1. The predicted octanol–water partition coefficient (Wildman–Crippen LogP) is 4.53. The molecular weight excluding hydrogens is 314 g/mol. The minimum atomic E-state index is -0.594. The standard InChI is InChI=1S/C17H16ClN3O2/c1-17(2,3)23-16(22)21-13-7-5-4-6-11(13)10-14(21)12-8-9-19-15(18)20-12/h4-10H,1-3H3. The van der Waals surface area contributed by atoms with Crippen molar-refractivity contribution in [3.8, 4) is 11.4 Å². The van der Waals surface area contributed by atoms with Crippen LogP contribution in [0.15, 0.2) is 42.6 Å². The van der Waals surface area contributed by atoms with Gasteiger partial charge in [0.15, 0.2) is 0 Å². The largest absolute Gasteiger partial charge is 0.443 e. The Bertz CT molecular complexity index is 881. The van der Waals surface area contributed by atoms with Gasteiger partial charge in [0.1, 0.15) is 5.60 Å². The zero-order valence-corrected chi connectivity index (χ0v) is 13.8. The van der Waals surface area contributed by atoms with Gasteiger partial charge >= 0.3 is 6.09 Å². The van der Waals surface area contributed by atoms with Gasteiger partial charge in [0, 0.05) is 11.6 Å². The summed E-state index contributed by atoms with van der Waals surface area (Å²) in [5.74, 6) is 0. The second kappa shape index (κ2) is 5.66. The first kappa shape index (κ1) is 15.5. The van der Waals surface area contributed by atoms with Crippen molar-refractivity contribution in [2.75, 3.05) is 0 Å². The highest BCUT2D eigenvalue weighted by Gasteiger charge is 2.23. The number of nitrogens with zero attached hydrogens (tertiary/aromatic N) is 3. The quantitative estimate of drug-likeness (QED) is 0.615. The zero-order valence-electron chi connectivity index (χ0n) is 13.1. The van der Waals surface area contributed by atoms with Crippen LogP contribution in [-0.4, -0.2) is 26.2 Å². The summed E-state index contributed by atoms with van der Waals surface area (Å²) in [5.41, 5.74) is 1.34. The number of para-hydroxylation sites is 1. The van der Waals surface area contributed by atoms with E-state index < -0.39 is 11.7 Å². The third-order valence-electron chi connectivity index (χ3n) is 3.18. The summed E-state index contributed by atoms with van der Waals surface area (Å²) in [6, 6.07) is 11.2. The van der Waals surface area contributed by atoms with Gasteiger partial charge in [-0.05, 0) is 50.6 Å². The van der Waals surface area contributed by atoms with Gasteiger partial charge in [0.2, 0.25) is 5.28 Å². The molecule has 0 unspecified atom stereocenters. The van der Waals surface area contributed by atoms with Gasteiger partial charge in [-0.1, -0.05) is 18.2 Å². The van der Waals surface area contributed by atoms with Crippen LogP contribution in [0.1, 0.15) is 20.8 Å². The molecule has 3 aromatic rings. The molecule has 0 radical (unpaired) electrons. The number of carbonyl (C=O) groups is 1. The fraction of sp³-hybridized carbons (Fsp3) is 0.235. The van der Waals surface area contributed by atoms with E-state index in [1.165, 1.54) is 4.57 Å². The van der Waals surface area contributed by atoms with E-state index in [0.717, 1.165) is 10.9 Å². The monoisotopic (exact) mass is 329 g/mol. The van der Waals surface area contributed by atoms with E-state index in [1.54, 1.807) is 12.3 Å². The summed E-state index contributed by atoms with van der Waals surface area (Å²) < 4.78 is 7.04. The molecule has 23 heavy (non-hydrogen) atoms. The molecule has 0 bridgehead atoms. The number of aromatic nitrogens is 3. The van der Waals surface area contributed by atoms with Crippen molar-refractivity contribution < 1.29 is 9.53 Å². The zero-order chi connectivity index (χ0) is 16.6. The summed E-state index contributed by atoms with van der Waals surface area (Å²) in [6.07, 6.45) is 1.10. The molecule has 5 nitrogen and oxygen atoms in total. The lowest BCUT2D eigenvalue weighted by Crippen LogP contribution is -2.27. The molecule has 0 aliphatic rings. The number of hydrogen-bond donors (Lipinski definition) is 0. The first-order valence-corrected chi connectivity index (χ1v) is 7.56. The topological polar surface area (TPSA) is 57.0 Å². The van der Waals surface area contributed by atoms with Crippen LogP contribution in [0.4, 0.5) is 4.79 Å². The van der Waals surface area contributed by atoms with Crippen molar-refractivity contribution in [2.45, 2.75) is 26.4 Å². The van der Waals surface area contributed by atoms with Crippen LogP contribution < -0.4 is 0 Å². The molecule has 6 heteroatoms. The van der Waals surface area contributed by atoms with Crippen LogP contribution in [0.3, 0.4) is 0 Å². The maximum absolute atomic E-state index is 12.7. The molecular formula is C17H16ClN3O2. The van der Waals surface area contributed by atoms with Crippen molar-refractivity contribution in [2.24, 2.45) is 0 Å². The molecule has 3 rings (SSSR count). The van der Waals surface area contributed by atoms with Crippen molar-refractivity contribution in [3.05, 3.63) is 47.9 Å². The van der Waals surface area contributed by atoms with E-state index in [-0.39, 0.29) is 5.28 Å². The summed E-state index contributed by atoms with van der Waals surface area (Å²) >= 11 is 5.88. The Morgan fingerprint density at radius 1 is 1.22 bits per heavy atom. The fourth-order valence-corrected chi connectivity index (χ4v) is 2.47. The van der Waals surface area contributed by atoms with Gasteiger partial charge in [-0.15, -0.1) is 0 Å². The molecule has 2 heterocycles. The molecule has 118 valence electrons. The van der Waals surface area contributed by atoms with Gasteiger partial charge in [-0.25, -0.2) is 19.3 Å². The van der Waals surface area contributed by atoms with Crippen LogP contribution in [0, 0.1) is 0 Å². The number of ether oxygens (including phenoxy) is 1. The molecule has 0 amide bonds. The van der Waals surface area contributed by atoms with Gasteiger partial charge in [-0.3, -0.25) is 0 Å². The Morgan fingerprint density at radius 3 is 2.65 bits per heavy atom. The Morgan fingerprint density at radius 2 is 1.96 bits per heavy atom. The van der Waals surface area contributed by atoms with Crippen molar-refractivity contribution in [1.29, 1.82) is 0 Å². The van der Waals surface area contributed by atoms with Gasteiger partial charge in [-0.2, -0.15) is 0 Å². The minimum absolute atomic E-state index is 0.128. The van der Waals surface area contributed by atoms with Crippen molar-refractivity contribution in [3.63, 3.8) is 0 Å². The van der Waals surface area contributed by atoms with E-state index in [1.807, 2.05) is 51.1 Å². The second-order valence-electron chi connectivity index (χ2n) is 6.12. The number of halogens is 1. The summed E-state index contributed by atoms with van der Waals surface area (Å²) in [4.78, 5) is 20.8. The third-order valence-corrected chi connectivity index (χ3v) is 3.36.